The summed E-state index contributed by atoms with van der Waals surface area (Å²) < 4.78 is 0. The molecule has 20 heavy (non-hydrogen) atoms. The van der Waals surface area contributed by atoms with Crippen molar-refractivity contribution >= 4 is 23.4 Å². The Labute approximate surface area is 125 Å². The van der Waals surface area contributed by atoms with E-state index in [0.29, 0.717) is 22.9 Å². The molecule has 0 bridgehead atoms. The molecule has 0 radical (unpaired) electrons. The van der Waals surface area contributed by atoms with Crippen LogP contribution >= 0.6 is 11.8 Å². The van der Waals surface area contributed by atoms with Gasteiger partial charge in [-0.3, -0.25) is 0 Å². The molecule has 0 aliphatic heterocycles. The lowest BCUT2D eigenvalue weighted by Gasteiger charge is -2.24. The van der Waals surface area contributed by atoms with Crippen LogP contribution in [0, 0.1) is 5.92 Å². The molecule has 1 rings (SSSR count). The van der Waals surface area contributed by atoms with Crippen LogP contribution in [0.15, 0.2) is 11.2 Å². The van der Waals surface area contributed by atoms with Gasteiger partial charge in [-0.15, -0.1) is 0 Å². The van der Waals surface area contributed by atoms with E-state index in [2.05, 4.69) is 53.6 Å². The minimum atomic E-state index is 0.347. The first-order chi connectivity index (χ1) is 9.44. The maximum Gasteiger partial charge on any atom is 0.191 e. The van der Waals surface area contributed by atoms with E-state index in [1.807, 2.05) is 12.3 Å². The van der Waals surface area contributed by atoms with Gasteiger partial charge in [-0.25, -0.2) is 15.8 Å². The van der Waals surface area contributed by atoms with Crippen LogP contribution in [-0.2, 0) is 0 Å². The van der Waals surface area contributed by atoms with Crippen molar-refractivity contribution in [2.75, 3.05) is 37.6 Å². The molecule has 4 N–H and O–H groups in total. The maximum atomic E-state index is 5.45. The highest BCUT2D eigenvalue weighted by Crippen LogP contribution is 2.18. The van der Waals surface area contributed by atoms with Gasteiger partial charge in [0.2, 0.25) is 0 Å². The molecule has 1 aromatic heterocycles. The average Bonchev–Trinajstić information content (AvgIpc) is 2.36. The number of anilines is 2. The van der Waals surface area contributed by atoms with Crippen molar-refractivity contribution in [2.24, 2.45) is 11.8 Å². The van der Waals surface area contributed by atoms with Gasteiger partial charge in [0.25, 0.3) is 0 Å². The van der Waals surface area contributed by atoms with E-state index in [-0.39, 0.29) is 0 Å². The number of likely N-dealkylation sites (N-methyl/N-ethyl adjacent to an activating group) is 1. The topological polar surface area (TPSA) is 79.1 Å². The summed E-state index contributed by atoms with van der Waals surface area (Å²) in [7, 11) is 4.16. The third-order valence-corrected chi connectivity index (χ3v) is 3.28. The molecule has 0 saturated heterocycles. The highest BCUT2D eigenvalue weighted by Gasteiger charge is 2.14. The first-order valence-electron chi connectivity index (χ1n) is 6.75. The number of nitrogen functional groups attached to an aromatic ring is 1. The lowest BCUT2D eigenvalue weighted by Crippen LogP contribution is -2.34. The number of nitrogens with zero attached hydrogens (tertiary/aromatic N) is 3. The third kappa shape index (κ3) is 5.94. The monoisotopic (exact) mass is 298 g/mol. The SMILES string of the molecule is CSc1nc(NN)cc(NC(CC(C)C)CN(C)C)n1. The highest BCUT2D eigenvalue weighted by atomic mass is 32.2. The quantitative estimate of drug-likeness (QED) is 0.293. The maximum absolute atomic E-state index is 5.45. The molecule has 0 amide bonds. The molecule has 0 spiro atoms. The molecule has 114 valence electrons. The van der Waals surface area contributed by atoms with Crippen LogP contribution in [0.4, 0.5) is 11.6 Å². The summed E-state index contributed by atoms with van der Waals surface area (Å²) in [6.07, 6.45) is 3.03. The summed E-state index contributed by atoms with van der Waals surface area (Å²) >= 11 is 1.50. The Kier molecular flexibility index (Phi) is 7.04. The number of hydrogen-bond donors (Lipinski definition) is 3. The highest BCUT2D eigenvalue weighted by molar-refractivity contribution is 7.98. The minimum Gasteiger partial charge on any atom is -0.366 e. The van der Waals surface area contributed by atoms with Crippen LogP contribution in [0.1, 0.15) is 20.3 Å². The lowest BCUT2D eigenvalue weighted by atomic mass is 10.0. The van der Waals surface area contributed by atoms with Gasteiger partial charge in [-0.2, -0.15) is 0 Å². The van der Waals surface area contributed by atoms with E-state index in [4.69, 9.17) is 5.84 Å². The Balaban J connectivity index is 2.85. The van der Waals surface area contributed by atoms with Gasteiger partial charge in [-0.05, 0) is 32.7 Å². The minimum absolute atomic E-state index is 0.347. The predicted molar refractivity (Wildman–Crippen MR) is 87.0 cm³/mol. The zero-order chi connectivity index (χ0) is 15.1. The molecule has 0 fully saturated rings. The molecule has 7 heteroatoms. The van der Waals surface area contributed by atoms with Crippen molar-refractivity contribution in [3.8, 4) is 0 Å². The number of nitrogens with two attached hydrogens (primary N) is 1. The van der Waals surface area contributed by atoms with Gasteiger partial charge in [-0.1, -0.05) is 25.6 Å². The molecule has 0 saturated carbocycles. The Morgan fingerprint density at radius 2 is 1.95 bits per heavy atom. The van der Waals surface area contributed by atoms with Crippen LogP contribution in [0.2, 0.25) is 0 Å². The molecule has 0 aliphatic rings. The number of hydrogen-bond acceptors (Lipinski definition) is 7. The second-order valence-corrected chi connectivity index (χ2v) is 6.28. The Morgan fingerprint density at radius 1 is 1.30 bits per heavy atom. The first-order valence-corrected chi connectivity index (χ1v) is 7.98. The standard InChI is InChI=1S/C13H26N6S/c1-9(2)6-10(8-19(3)4)15-11-7-12(18-14)17-13(16-11)20-5/h7,9-10H,6,8,14H2,1-5H3,(H2,15,16,17,18). The fraction of sp³-hybridized carbons (Fsp3) is 0.692. The summed E-state index contributed by atoms with van der Waals surface area (Å²) in [5, 5.41) is 4.19. The summed E-state index contributed by atoms with van der Waals surface area (Å²) in [6.45, 7) is 5.41. The largest absolute Gasteiger partial charge is 0.366 e. The molecular formula is C13H26N6S. The third-order valence-electron chi connectivity index (χ3n) is 2.73. The molecule has 0 aromatic carbocycles. The molecular weight excluding hydrogens is 272 g/mol. The number of rotatable bonds is 8. The summed E-state index contributed by atoms with van der Waals surface area (Å²) in [6, 6.07) is 2.18. The molecule has 0 aliphatic carbocycles. The zero-order valence-electron chi connectivity index (χ0n) is 13.0. The van der Waals surface area contributed by atoms with Crippen LogP contribution < -0.4 is 16.6 Å². The average molecular weight is 298 g/mol. The normalized spacial score (nSPS) is 12.8. The molecule has 1 atom stereocenters. The Morgan fingerprint density at radius 3 is 2.45 bits per heavy atom. The summed E-state index contributed by atoms with van der Waals surface area (Å²) in [5.41, 5.74) is 2.58. The number of thioether (sulfide) groups is 1. The van der Waals surface area contributed by atoms with Crippen molar-refractivity contribution in [3.63, 3.8) is 0 Å². The lowest BCUT2D eigenvalue weighted by molar-refractivity contribution is 0.356. The van der Waals surface area contributed by atoms with E-state index in [9.17, 15) is 0 Å². The van der Waals surface area contributed by atoms with Crippen LogP contribution in [0.5, 0.6) is 0 Å². The Hall–Kier alpha value is -1.05. The van der Waals surface area contributed by atoms with Crippen molar-refractivity contribution in [3.05, 3.63) is 6.07 Å². The van der Waals surface area contributed by atoms with Gasteiger partial charge < -0.3 is 15.6 Å². The van der Waals surface area contributed by atoms with E-state index in [0.717, 1.165) is 18.8 Å². The second-order valence-electron chi connectivity index (χ2n) is 5.50. The van der Waals surface area contributed by atoms with Crippen molar-refractivity contribution in [2.45, 2.75) is 31.5 Å². The fourth-order valence-electron chi connectivity index (χ4n) is 2.06. The summed E-state index contributed by atoms with van der Waals surface area (Å²) in [5.74, 6) is 7.51. The van der Waals surface area contributed by atoms with E-state index in [1.54, 1.807) is 0 Å². The molecule has 6 nitrogen and oxygen atoms in total. The number of nitrogens with one attached hydrogen (secondary N) is 2. The number of hydrazine groups is 1. The molecule has 1 unspecified atom stereocenters. The molecule has 1 heterocycles. The van der Waals surface area contributed by atoms with Gasteiger partial charge in [0.1, 0.15) is 11.6 Å². The van der Waals surface area contributed by atoms with Gasteiger partial charge in [0, 0.05) is 18.7 Å². The smallest absolute Gasteiger partial charge is 0.191 e. The second kappa shape index (κ2) is 8.28. The van der Waals surface area contributed by atoms with E-state index >= 15 is 0 Å². The van der Waals surface area contributed by atoms with Crippen molar-refractivity contribution in [1.82, 2.24) is 14.9 Å². The van der Waals surface area contributed by atoms with E-state index < -0.39 is 0 Å². The van der Waals surface area contributed by atoms with Gasteiger partial charge in [0.15, 0.2) is 5.16 Å². The molecule has 1 aromatic rings. The number of aromatic nitrogens is 2. The van der Waals surface area contributed by atoms with Gasteiger partial charge in [0.05, 0.1) is 0 Å². The van der Waals surface area contributed by atoms with Crippen LogP contribution in [0.3, 0.4) is 0 Å². The predicted octanol–water partition coefficient (Wildman–Crippen LogP) is 1.87. The van der Waals surface area contributed by atoms with Crippen molar-refractivity contribution in [1.29, 1.82) is 0 Å². The summed E-state index contributed by atoms with van der Waals surface area (Å²) in [4.78, 5) is 10.9. The fourth-order valence-corrected chi connectivity index (χ4v) is 2.44. The Bertz CT molecular complexity index is 378. The van der Waals surface area contributed by atoms with Crippen molar-refractivity contribution < 1.29 is 0 Å². The van der Waals surface area contributed by atoms with E-state index in [1.165, 1.54) is 11.8 Å². The van der Waals surface area contributed by atoms with Gasteiger partial charge >= 0.3 is 0 Å². The van der Waals surface area contributed by atoms with Crippen LogP contribution in [-0.4, -0.2) is 47.8 Å². The zero-order valence-corrected chi connectivity index (χ0v) is 13.8. The van der Waals surface area contributed by atoms with Crippen LogP contribution in [0.25, 0.3) is 0 Å². The first kappa shape index (κ1) is 17.0.